The number of likely N-dealkylation sites (tertiary alicyclic amines) is 1. The monoisotopic (exact) mass is 391 g/mol. The standard InChI is InChI=1S/C17H21ClF3N3O2/c1-15(2,3)26-14(25)24-7-10-12(16(10,4)8-24)23-13-11(18)5-9(6-22-13)17(19,20)21/h5-6,10,12H,7-8H2,1-4H3,(H,22,23)/t10-,12-,16-/m0/s1. The number of anilines is 1. The van der Waals surface area contributed by atoms with E-state index in [0.29, 0.717) is 13.1 Å². The average molecular weight is 392 g/mol. The molecule has 0 bridgehead atoms. The number of piperidine rings is 1. The minimum absolute atomic E-state index is 0.00271. The lowest BCUT2D eigenvalue weighted by atomic mass is 10.1. The number of hydrogen-bond acceptors (Lipinski definition) is 4. The molecular formula is C17H21ClF3N3O2. The van der Waals surface area contributed by atoms with Crippen LogP contribution < -0.4 is 5.32 Å². The van der Waals surface area contributed by atoms with Crippen LogP contribution in [0.15, 0.2) is 12.3 Å². The number of rotatable bonds is 2. The van der Waals surface area contributed by atoms with Gasteiger partial charge >= 0.3 is 12.3 Å². The summed E-state index contributed by atoms with van der Waals surface area (Å²) in [4.78, 5) is 17.6. The molecule has 1 aliphatic carbocycles. The minimum Gasteiger partial charge on any atom is -0.444 e. The van der Waals surface area contributed by atoms with Crippen molar-refractivity contribution in [1.29, 1.82) is 0 Å². The number of pyridine rings is 1. The Morgan fingerprint density at radius 3 is 2.54 bits per heavy atom. The number of amides is 1. The van der Waals surface area contributed by atoms with Crippen molar-refractivity contribution in [2.45, 2.75) is 45.5 Å². The first kappa shape index (κ1) is 19.1. The Morgan fingerprint density at radius 1 is 1.42 bits per heavy atom. The van der Waals surface area contributed by atoms with Crippen LogP contribution in [0.25, 0.3) is 0 Å². The highest BCUT2D eigenvalue weighted by molar-refractivity contribution is 6.33. The van der Waals surface area contributed by atoms with E-state index in [4.69, 9.17) is 16.3 Å². The second kappa shape index (κ2) is 5.90. The Kier molecular flexibility index (Phi) is 4.33. The normalized spacial score (nSPS) is 27.9. The van der Waals surface area contributed by atoms with Crippen molar-refractivity contribution in [2.75, 3.05) is 18.4 Å². The van der Waals surface area contributed by atoms with E-state index in [9.17, 15) is 18.0 Å². The van der Waals surface area contributed by atoms with Crippen molar-refractivity contribution in [3.63, 3.8) is 0 Å². The second-order valence-electron chi connectivity index (χ2n) is 8.15. The summed E-state index contributed by atoms with van der Waals surface area (Å²) in [6, 6.07) is 0.868. The molecule has 0 aromatic carbocycles. The van der Waals surface area contributed by atoms with E-state index in [1.165, 1.54) is 0 Å². The maximum Gasteiger partial charge on any atom is 0.417 e. The Hall–Kier alpha value is -1.70. The van der Waals surface area contributed by atoms with Gasteiger partial charge in [-0.05, 0) is 26.8 Å². The summed E-state index contributed by atoms with van der Waals surface area (Å²) in [5.74, 6) is 0.402. The van der Waals surface area contributed by atoms with E-state index < -0.39 is 17.3 Å². The number of nitrogens with one attached hydrogen (secondary N) is 1. The molecule has 1 aromatic heterocycles. The SMILES string of the molecule is CC(C)(C)OC(=O)N1C[C@H]2[C@H](Nc3ncc(C(F)(F)F)cc3Cl)[C@@]2(C)C1. The predicted octanol–water partition coefficient (Wildman–Crippen LogP) is 4.42. The zero-order chi connectivity index (χ0) is 19.5. The van der Waals surface area contributed by atoms with Crippen LogP contribution in [-0.2, 0) is 10.9 Å². The van der Waals surface area contributed by atoms with Gasteiger partial charge in [-0.25, -0.2) is 9.78 Å². The Morgan fingerprint density at radius 2 is 2.08 bits per heavy atom. The van der Waals surface area contributed by atoms with Gasteiger partial charge in [-0.2, -0.15) is 13.2 Å². The van der Waals surface area contributed by atoms with Gasteiger partial charge < -0.3 is 15.0 Å². The summed E-state index contributed by atoms with van der Waals surface area (Å²) < 4.78 is 43.5. The fourth-order valence-corrected chi connectivity index (χ4v) is 3.70. The summed E-state index contributed by atoms with van der Waals surface area (Å²) in [5.41, 5.74) is -1.61. The molecule has 9 heteroatoms. The topological polar surface area (TPSA) is 54.5 Å². The third kappa shape index (κ3) is 3.56. The molecule has 1 saturated heterocycles. The number of fused-ring (bicyclic) bond motifs is 1. The molecule has 3 atom stereocenters. The maximum atomic E-state index is 12.7. The van der Waals surface area contributed by atoms with Crippen LogP contribution >= 0.6 is 11.6 Å². The number of carbonyl (C=O) groups excluding carboxylic acids is 1. The lowest BCUT2D eigenvalue weighted by molar-refractivity contribution is -0.137. The summed E-state index contributed by atoms with van der Waals surface area (Å²) in [7, 11) is 0. The molecule has 5 nitrogen and oxygen atoms in total. The highest BCUT2D eigenvalue weighted by Gasteiger charge is 2.67. The Labute approximate surface area is 154 Å². The number of carbonyl (C=O) groups is 1. The quantitative estimate of drug-likeness (QED) is 0.810. The summed E-state index contributed by atoms with van der Waals surface area (Å²) in [6.07, 6.45) is -4.07. The van der Waals surface area contributed by atoms with E-state index in [2.05, 4.69) is 10.3 Å². The van der Waals surface area contributed by atoms with E-state index in [1.54, 1.807) is 4.90 Å². The van der Waals surface area contributed by atoms with Gasteiger partial charge in [0.05, 0.1) is 10.6 Å². The summed E-state index contributed by atoms with van der Waals surface area (Å²) in [6.45, 7) is 8.51. The first-order valence-electron chi connectivity index (χ1n) is 8.28. The molecule has 1 N–H and O–H groups in total. The smallest absolute Gasteiger partial charge is 0.417 e. The van der Waals surface area contributed by atoms with Gasteiger partial charge in [0, 0.05) is 36.7 Å². The van der Waals surface area contributed by atoms with Gasteiger partial charge in [0.2, 0.25) is 0 Å². The zero-order valence-corrected chi connectivity index (χ0v) is 15.7. The number of alkyl halides is 3. The first-order valence-corrected chi connectivity index (χ1v) is 8.66. The van der Waals surface area contributed by atoms with E-state index in [-0.39, 0.29) is 34.3 Å². The number of aromatic nitrogens is 1. The van der Waals surface area contributed by atoms with Crippen LogP contribution in [0.4, 0.5) is 23.8 Å². The lowest BCUT2D eigenvalue weighted by Crippen LogP contribution is -2.39. The van der Waals surface area contributed by atoms with Gasteiger partial charge in [-0.15, -0.1) is 0 Å². The second-order valence-corrected chi connectivity index (χ2v) is 8.55. The highest BCUT2D eigenvalue weighted by Crippen LogP contribution is 2.59. The van der Waals surface area contributed by atoms with Gasteiger partial charge in [0.1, 0.15) is 11.4 Å². The fraction of sp³-hybridized carbons (Fsp3) is 0.647. The molecule has 1 aromatic rings. The molecule has 26 heavy (non-hydrogen) atoms. The van der Waals surface area contributed by atoms with Gasteiger partial charge in [0.15, 0.2) is 0 Å². The molecule has 0 spiro atoms. The van der Waals surface area contributed by atoms with Crippen LogP contribution in [-0.4, -0.2) is 40.7 Å². The summed E-state index contributed by atoms with van der Waals surface area (Å²) in [5, 5.41) is 3.05. The molecule has 2 fully saturated rings. The van der Waals surface area contributed by atoms with Crippen molar-refractivity contribution in [3.8, 4) is 0 Å². The van der Waals surface area contributed by atoms with Crippen molar-refractivity contribution >= 4 is 23.5 Å². The molecule has 0 unspecified atom stereocenters. The van der Waals surface area contributed by atoms with Crippen LogP contribution in [0.3, 0.4) is 0 Å². The van der Waals surface area contributed by atoms with Gasteiger partial charge in [-0.1, -0.05) is 18.5 Å². The third-order valence-electron chi connectivity index (χ3n) is 4.91. The van der Waals surface area contributed by atoms with Crippen molar-refractivity contribution in [3.05, 3.63) is 22.8 Å². The highest BCUT2D eigenvalue weighted by atomic mass is 35.5. The molecule has 3 rings (SSSR count). The van der Waals surface area contributed by atoms with Crippen LogP contribution in [0.5, 0.6) is 0 Å². The maximum absolute atomic E-state index is 12.7. The number of nitrogens with zero attached hydrogens (tertiary/aromatic N) is 2. The van der Waals surface area contributed by atoms with Gasteiger partial charge in [-0.3, -0.25) is 0 Å². The van der Waals surface area contributed by atoms with Crippen molar-refractivity contribution in [1.82, 2.24) is 9.88 Å². The van der Waals surface area contributed by atoms with Crippen molar-refractivity contribution in [2.24, 2.45) is 11.3 Å². The number of hydrogen-bond donors (Lipinski definition) is 1. The largest absolute Gasteiger partial charge is 0.444 e. The van der Waals surface area contributed by atoms with E-state index in [1.807, 2.05) is 27.7 Å². The Balaban J connectivity index is 1.63. The molecular weight excluding hydrogens is 371 g/mol. The Bertz CT molecular complexity index is 735. The molecule has 1 amide bonds. The lowest BCUT2D eigenvalue weighted by Gasteiger charge is -2.27. The van der Waals surface area contributed by atoms with Crippen LogP contribution in [0.2, 0.25) is 5.02 Å². The number of halogens is 4. The van der Waals surface area contributed by atoms with E-state index >= 15 is 0 Å². The molecule has 2 aliphatic rings. The van der Waals surface area contributed by atoms with Gasteiger partial charge in [0.25, 0.3) is 0 Å². The molecule has 1 saturated carbocycles. The zero-order valence-electron chi connectivity index (χ0n) is 14.9. The minimum atomic E-state index is -4.48. The van der Waals surface area contributed by atoms with Crippen LogP contribution in [0.1, 0.15) is 33.3 Å². The predicted molar refractivity (Wildman–Crippen MR) is 91.1 cm³/mol. The average Bonchev–Trinajstić information content (AvgIpc) is 2.83. The summed E-state index contributed by atoms with van der Waals surface area (Å²) >= 11 is 5.95. The fourth-order valence-electron chi connectivity index (χ4n) is 3.48. The molecule has 0 radical (unpaired) electrons. The first-order chi connectivity index (χ1) is 11.8. The molecule has 1 aliphatic heterocycles. The number of ether oxygens (including phenoxy) is 1. The third-order valence-corrected chi connectivity index (χ3v) is 5.20. The molecule has 2 heterocycles. The van der Waals surface area contributed by atoms with E-state index in [0.717, 1.165) is 12.3 Å². The van der Waals surface area contributed by atoms with Crippen molar-refractivity contribution < 1.29 is 22.7 Å². The molecule has 144 valence electrons. The van der Waals surface area contributed by atoms with Crippen LogP contribution in [0, 0.1) is 11.3 Å².